The molecule has 1 N–H and O–H groups in total. The van der Waals surface area contributed by atoms with Gasteiger partial charge in [-0.1, -0.05) is 64.7 Å². The molecule has 1 fully saturated rings. The maximum Gasteiger partial charge on any atom is 0.311 e. The number of nitrogens with zero attached hydrogens (tertiary/aromatic N) is 1. The smallest absolute Gasteiger partial charge is 0.311 e. The van der Waals surface area contributed by atoms with Crippen LogP contribution in [0.1, 0.15) is 103 Å². The van der Waals surface area contributed by atoms with E-state index in [9.17, 15) is 9.90 Å². The lowest BCUT2D eigenvalue weighted by molar-refractivity contribution is -0.161. The van der Waals surface area contributed by atoms with Gasteiger partial charge in [0.1, 0.15) is 37.2 Å². The third-order valence-electron chi connectivity index (χ3n) is 10.4. The molecule has 1 saturated heterocycles. The molecule has 2 aromatic rings. The largest absolute Gasteiger partial charge is 0.497 e. The molecule has 56 heavy (non-hydrogen) atoms. The Labute approximate surface area is 339 Å². The molecule has 0 aliphatic carbocycles. The molecule has 3 rings (SSSR count). The van der Waals surface area contributed by atoms with Crippen molar-refractivity contribution in [2.24, 2.45) is 5.41 Å². The lowest BCUT2D eigenvalue weighted by Gasteiger charge is -2.39. The van der Waals surface area contributed by atoms with Gasteiger partial charge in [-0.3, -0.25) is 4.79 Å². The van der Waals surface area contributed by atoms with E-state index in [1.54, 1.807) is 13.4 Å². The van der Waals surface area contributed by atoms with Gasteiger partial charge >= 0.3 is 5.97 Å². The summed E-state index contributed by atoms with van der Waals surface area (Å²) in [5.74, 6) is 1.03. The van der Waals surface area contributed by atoms with Crippen LogP contribution < -0.4 is 4.74 Å². The van der Waals surface area contributed by atoms with E-state index >= 15 is 0 Å². The number of hydrogen-bond donors (Lipinski definition) is 1. The first-order valence-electron chi connectivity index (χ1n) is 20.2. The van der Waals surface area contributed by atoms with Gasteiger partial charge < -0.3 is 42.4 Å². The summed E-state index contributed by atoms with van der Waals surface area (Å²) in [7, 11) is -1.71. The Morgan fingerprint density at radius 2 is 1.68 bits per heavy atom. The normalized spacial score (nSPS) is 19.4. The van der Waals surface area contributed by atoms with Gasteiger partial charge in [0.2, 0.25) is 5.89 Å². The fraction of sp³-hybridized carbons (Fsp3) is 0.721. The topological polar surface area (TPSA) is 128 Å². The number of benzene rings is 1. The van der Waals surface area contributed by atoms with Crippen LogP contribution in [0.4, 0.5) is 0 Å². The molecule has 0 spiro atoms. The van der Waals surface area contributed by atoms with Crippen molar-refractivity contribution in [1.82, 2.24) is 4.98 Å². The Balaban J connectivity index is 1.63. The van der Waals surface area contributed by atoms with Crippen LogP contribution in [0.15, 0.2) is 47.1 Å². The number of rotatable bonds is 23. The van der Waals surface area contributed by atoms with Gasteiger partial charge in [0.15, 0.2) is 8.32 Å². The SMILES string of the molecule is C=C(C[C@H](O)C[C@@H]1C[C@@H](OCOCC[Si](C)(C)C)C[C@H](c2coc(COCc3ccc(OC)cc3)n2)O1)C[C@H](CCOC(=O)C(C)(C)C)O[Si](C)(C)C(C)(C)C. The Morgan fingerprint density at radius 1 is 0.982 bits per heavy atom. The first-order chi connectivity index (χ1) is 26.0. The number of oxazole rings is 1. The average molecular weight is 820 g/mol. The molecule has 11 nitrogen and oxygen atoms in total. The molecule has 1 aliphatic heterocycles. The van der Waals surface area contributed by atoms with Crippen molar-refractivity contribution in [2.45, 2.75) is 168 Å². The fourth-order valence-corrected chi connectivity index (χ4v) is 8.11. The van der Waals surface area contributed by atoms with Crippen LogP contribution in [-0.2, 0) is 46.1 Å². The summed E-state index contributed by atoms with van der Waals surface area (Å²) in [6, 6.07) is 8.79. The number of aliphatic hydroxyl groups excluding tert-OH is 1. The lowest BCUT2D eigenvalue weighted by Crippen LogP contribution is -2.44. The van der Waals surface area contributed by atoms with Gasteiger partial charge in [-0.2, -0.15) is 0 Å². The minimum Gasteiger partial charge on any atom is -0.497 e. The van der Waals surface area contributed by atoms with E-state index in [0.29, 0.717) is 63.3 Å². The number of aliphatic hydroxyl groups is 1. The molecule has 1 aromatic heterocycles. The monoisotopic (exact) mass is 819 g/mol. The Kier molecular flexibility index (Phi) is 18.5. The summed E-state index contributed by atoms with van der Waals surface area (Å²) in [5.41, 5.74) is 2.00. The Morgan fingerprint density at radius 3 is 2.30 bits per heavy atom. The van der Waals surface area contributed by atoms with Crippen LogP contribution in [0, 0.1) is 5.41 Å². The molecule has 13 heteroatoms. The Hall–Kier alpha value is -2.37. The summed E-state index contributed by atoms with van der Waals surface area (Å²) in [4.78, 5) is 17.2. The second kappa shape index (κ2) is 21.6. The van der Waals surface area contributed by atoms with E-state index in [2.05, 4.69) is 60.1 Å². The minimum absolute atomic E-state index is 0.00982. The number of ether oxygens (including phenoxy) is 6. The zero-order chi connectivity index (χ0) is 41.7. The Bertz CT molecular complexity index is 1480. The molecule has 0 saturated carbocycles. The second-order valence-electron chi connectivity index (χ2n) is 19.1. The number of carbonyl (C=O) groups excluding carboxylic acids is 1. The van der Waals surface area contributed by atoms with Crippen molar-refractivity contribution in [1.29, 1.82) is 0 Å². The third kappa shape index (κ3) is 17.2. The van der Waals surface area contributed by atoms with Crippen LogP contribution in [0.5, 0.6) is 5.75 Å². The first-order valence-corrected chi connectivity index (χ1v) is 26.9. The third-order valence-corrected chi connectivity index (χ3v) is 16.7. The lowest BCUT2D eigenvalue weighted by atomic mass is 9.93. The summed E-state index contributed by atoms with van der Waals surface area (Å²) < 4.78 is 48.1. The molecule has 318 valence electrons. The number of carbonyl (C=O) groups is 1. The van der Waals surface area contributed by atoms with Gasteiger partial charge in [0.25, 0.3) is 0 Å². The summed E-state index contributed by atoms with van der Waals surface area (Å²) in [6.07, 6.45) is 3.06. The van der Waals surface area contributed by atoms with Crippen molar-refractivity contribution in [2.75, 3.05) is 27.1 Å². The minimum atomic E-state index is -2.13. The molecule has 1 aliphatic rings. The van der Waals surface area contributed by atoms with Crippen LogP contribution in [-0.4, -0.2) is 84.0 Å². The van der Waals surface area contributed by atoms with E-state index in [4.69, 9.17) is 42.2 Å². The highest BCUT2D eigenvalue weighted by Crippen LogP contribution is 2.39. The molecule has 0 bridgehead atoms. The van der Waals surface area contributed by atoms with Crippen LogP contribution >= 0.6 is 0 Å². The van der Waals surface area contributed by atoms with Crippen molar-refractivity contribution in [3.63, 3.8) is 0 Å². The van der Waals surface area contributed by atoms with E-state index in [-0.39, 0.29) is 55.4 Å². The quantitative estimate of drug-likeness (QED) is 0.0378. The van der Waals surface area contributed by atoms with Crippen LogP contribution in [0.25, 0.3) is 0 Å². The van der Waals surface area contributed by atoms with Crippen LogP contribution in [0.2, 0.25) is 43.8 Å². The molecule has 1 aromatic carbocycles. The average Bonchev–Trinajstić information content (AvgIpc) is 3.55. The van der Waals surface area contributed by atoms with E-state index in [1.807, 2.05) is 45.0 Å². The first kappa shape index (κ1) is 48.0. The second-order valence-corrected chi connectivity index (χ2v) is 29.5. The van der Waals surface area contributed by atoms with Crippen molar-refractivity contribution in [3.05, 3.63) is 59.8 Å². The van der Waals surface area contributed by atoms with E-state index in [1.165, 1.54) is 0 Å². The highest BCUT2D eigenvalue weighted by molar-refractivity contribution is 6.76. The molecule has 0 amide bonds. The maximum atomic E-state index is 12.5. The molecule has 5 atom stereocenters. The van der Waals surface area contributed by atoms with Crippen LogP contribution in [0.3, 0.4) is 0 Å². The molecular weight excluding hydrogens is 747 g/mol. The van der Waals surface area contributed by atoms with Gasteiger partial charge in [-0.05, 0) is 81.9 Å². The van der Waals surface area contributed by atoms with Gasteiger partial charge in [0.05, 0.1) is 50.2 Å². The zero-order valence-corrected chi connectivity index (χ0v) is 38.5. The zero-order valence-electron chi connectivity index (χ0n) is 36.5. The molecule has 0 unspecified atom stereocenters. The molecule has 0 radical (unpaired) electrons. The van der Waals surface area contributed by atoms with Gasteiger partial charge in [0, 0.05) is 33.9 Å². The summed E-state index contributed by atoms with van der Waals surface area (Å²) in [5, 5.41) is 11.4. The van der Waals surface area contributed by atoms with Crippen molar-refractivity contribution in [3.8, 4) is 5.75 Å². The number of esters is 1. The fourth-order valence-electron chi connectivity index (χ4n) is 5.97. The highest BCUT2D eigenvalue weighted by Gasteiger charge is 2.40. The van der Waals surface area contributed by atoms with E-state index in [0.717, 1.165) is 22.9 Å². The summed E-state index contributed by atoms with van der Waals surface area (Å²) >= 11 is 0. The summed E-state index contributed by atoms with van der Waals surface area (Å²) in [6.45, 7) is 29.7. The number of hydrogen-bond acceptors (Lipinski definition) is 11. The highest BCUT2D eigenvalue weighted by atomic mass is 28.4. The van der Waals surface area contributed by atoms with E-state index < -0.39 is 27.9 Å². The van der Waals surface area contributed by atoms with Gasteiger partial charge in [-0.25, -0.2) is 4.98 Å². The standard InChI is InChI=1S/C43H73NO10Si2/c1-31(23-35(54-56(12,13)43(5,6)7)18-19-50-41(46)42(2,3)4)22-33(45)24-37-25-36(52-30-48-20-21-55(9,10)11)26-39(53-37)38-28-51-40(44-38)29-49-27-32-14-16-34(47-8)17-15-32/h14-17,28,33,35-37,39,45H,1,18-27,29-30H2,2-13H3/t33-,35-,36+,37+,39+/m0/s1. The number of aromatic nitrogens is 1. The van der Waals surface area contributed by atoms with Crippen molar-refractivity contribution >= 4 is 22.4 Å². The predicted molar refractivity (Wildman–Crippen MR) is 225 cm³/mol. The van der Waals surface area contributed by atoms with Crippen molar-refractivity contribution < 1.29 is 47.2 Å². The molecule has 2 heterocycles. The molecular formula is C43H73NO10Si2. The maximum absolute atomic E-state index is 12.5. The predicted octanol–water partition coefficient (Wildman–Crippen LogP) is 9.77. The number of methoxy groups -OCH3 is 1. The van der Waals surface area contributed by atoms with Gasteiger partial charge in [-0.15, -0.1) is 0 Å².